The van der Waals surface area contributed by atoms with E-state index in [1.54, 1.807) is 39.8 Å². The molecule has 0 spiro atoms. The fourth-order valence-electron chi connectivity index (χ4n) is 6.41. The minimum Gasteiger partial charge on any atom is -0.389 e. The van der Waals surface area contributed by atoms with Crippen molar-refractivity contribution in [3.8, 4) is 0 Å². The molecule has 3 fully saturated rings. The Morgan fingerprint density at radius 3 is 1.60 bits per heavy atom. The third-order valence-electron chi connectivity index (χ3n) is 9.41. The Kier molecular flexibility index (Phi) is 14.8. The van der Waals surface area contributed by atoms with Crippen LogP contribution in [0.2, 0.25) is 5.15 Å². The van der Waals surface area contributed by atoms with E-state index in [9.17, 15) is 23.8 Å². The number of fused-ring (bicyclic) bond motifs is 6. The first-order valence-corrected chi connectivity index (χ1v) is 20.0. The van der Waals surface area contributed by atoms with E-state index >= 15 is 0 Å². The van der Waals surface area contributed by atoms with E-state index in [2.05, 4.69) is 19.9 Å². The smallest absolute Gasteiger partial charge is 0.247 e. The first-order valence-electron chi connectivity index (χ1n) is 19.3. The molecule has 0 bridgehead atoms. The molecule has 3 aliphatic carbocycles. The highest BCUT2D eigenvalue weighted by Crippen LogP contribution is 2.34. The van der Waals surface area contributed by atoms with Crippen LogP contribution in [0.15, 0.2) is 36.4 Å². The molecule has 0 atom stereocenters. The molecule has 4 aromatic heterocycles. The number of aliphatic hydroxyl groups is 2. The van der Waals surface area contributed by atoms with Crippen LogP contribution in [-0.4, -0.2) is 89.1 Å². The van der Waals surface area contributed by atoms with Gasteiger partial charge in [-0.15, -0.1) is 0 Å². The number of nitrogen functional groups attached to an aromatic ring is 1. The van der Waals surface area contributed by atoms with E-state index in [1.165, 1.54) is 24.3 Å². The van der Waals surface area contributed by atoms with Gasteiger partial charge in [0.05, 0.1) is 64.7 Å². The molecule has 9 rings (SSSR count). The highest BCUT2D eigenvalue weighted by Gasteiger charge is 2.28. The molecule has 0 unspecified atom stereocenters. The number of ether oxygens (including phenoxy) is 3. The Bertz CT molecular complexity index is 2320. The number of anilines is 1. The van der Waals surface area contributed by atoms with Crippen molar-refractivity contribution in [1.29, 1.82) is 0 Å². The second-order valence-corrected chi connectivity index (χ2v) is 17.1. The Morgan fingerprint density at radius 2 is 1.17 bits per heavy atom. The van der Waals surface area contributed by atoms with Crippen molar-refractivity contribution in [2.24, 2.45) is 0 Å². The molecule has 3 saturated carbocycles. The SMILES string of the molecule is CC(C)(O)Cn1c(COC2CC2)nc2c(Cl)nc3cc(F)ccc3c21.CC(C)(O)Cn1c(COC2CC2)nc2c(N)nc3cc(F)ccc3c21.N.O=C(Cl)COC1CC1.[B]. The van der Waals surface area contributed by atoms with E-state index < -0.39 is 16.4 Å². The normalized spacial score (nSPS) is 15.3. The zero-order chi connectivity index (χ0) is 41.5. The lowest BCUT2D eigenvalue weighted by molar-refractivity contribution is -0.116. The first kappa shape index (κ1) is 47.0. The van der Waals surface area contributed by atoms with Gasteiger partial charge in [0.1, 0.15) is 54.1 Å². The summed E-state index contributed by atoms with van der Waals surface area (Å²) in [6.45, 7) is 8.33. The number of carbonyl (C=O) groups is 1. The molecule has 0 amide bonds. The molecule has 7 N–H and O–H groups in total. The van der Waals surface area contributed by atoms with Crippen LogP contribution < -0.4 is 11.9 Å². The maximum atomic E-state index is 13.6. The summed E-state index contributed by atoms with van der Waals surface area (Å²) in [6, 6.07) is 8.83. The number of hydrogen-bond acceptors (Lipinski definition) is 12. The number of benzene rings is 2. The Balaban J connectivity index is 0.000000187. The van der Waals surface area contributed by atoms with Crippen molar-refractivity contribution in [1.82, 2.24) is 35.2 Å². The predicted molar refractivity (Wildman–Crippen MR) is 228 cm³/mol. The molecule has 0 saturated heterocycles. The molecular weight excluding hydrogens is 820 g/mol. The summed E-state index contributed by atoms with van der Waals surface area (Å²) in [4.78, 5) is 27.8. The average molecular weight is 871 g/mol. The number of hydrogen-bond donors (Lipinski definition) is 4. The molecule has 14 nitrogen and oxygen atoms in total. The van der Waals surface area contributed by atoms with Crippen LogP contribution in [0, 0.1) is 11.6 Å². The lowest BCUT2D eigenvalue weighted by atomic mass is 10.1. The molecule has 6 aromatic rings. The van der Waals surface area contributed by atoms with E-state index in [4.69, 9.17) is 43.1 Å². The van der Waals surface area contributed by atoms with Gasteiger partial charge in [0.2, 0.25) is 5.24 Å². The van der Waals surface area contributed by atoms with Crippen LogP contribution in [0.1, 0.15) is 77.9 Å². The summed E-state index contributed by atoms with van der Waals surface area (Å²) in [5, 5.41) is 22.0. The van der Waals surface area contributed by atoms with Gasteiger partial charge < -0.3 is 45.4 Å². The van der Waals surface area contributed by atoms with Crippen molar-refractivity contribution in [2.75, 3.05) is 12.3 Å². The van der Waals surface area contributed by atoms with E-state index in [0.717, 1.165) is 60.3 Å². The molecule has 19 heteroatoms. The molecule has 321 valence electrons. The molecule has 4 heterocycles. The maximum Gasteiger partial charge on any atom is 0.247 e. The highest BCUT2D eigenvalue weighted by molar-refractivity contribution is 6.63. The lowest BCUT2D eigenvalue weighted by Gasteiger charge is -2.20. The van der Waals surface area contributed by atoms with Gasteiger partial charge in [-0.2, -0.15) is 0 Å². The van der Waals surface area contributed by atoms with Crippen molar-refractivity contribution < 1.29 is 38.0 Å². The van der Waals surface area contributed by atoms with Crippen LogP contribution in [0.5, 0.6) is 0 Å². The van der Waals surface area contributed by atoms with Crippen molar-refractivity contribution in [3.63, 3.8) is 0 Å². The van der Waals surface area contributed by atoms with Crippen molar-refractivity contribution in [2.45, 2.75) is 122 Å². The minimum absolute atomic E-state index is 0. The second-order valence-electron chi connectivity index (χ2n) is 16.4. The number of aromatic nitrogens is 6. The number of nitrogens with zero attached hydrogens (tertiary/aromatic N) is 6. The van der Waals surface area contributed by atoms with Crippen molar-refractivity contribution in [3.05, 3.63) is 64.8 Å². The molecule has 3 radical (unpaired) electrons. The van der Waals surface area contributed by atoms with Gasteiger partial charge >= 0.3 is 0 Å². The number of rotatable bonds is 13. The van der Waals surface area contributed by atoms with Gasteiger partial charge in [-0.25, -0.2) is 28.7 Å². The summed E-state index contributed by atoms with van der Waals surface area (Å²) in [5.41, 5.74) is 7.68. The summed E-state index contributed by atoms with van der Waals surface area (Å²) < 4.78 is 47.6. The first-order chi connectivity index (χ1) is 27.4. The van der Waals surface area contributed by atoms with Gasteiger partial charge in [0.25, 0.3) is 0 Å². The zero-order valence-corrected chi connectivity index (χ0v) is 35.6. The van der Waals surface area contributed by atoms with Crippen LogP contribution >= 0.6 is 23.2 Å². The van der Waals surface area contributed by atoms with Crippen molar-refractivity contribution >= 4 is 86.5 Å². The van der Waals surface area contributed by atoms with Gasteiger partial charge in [-0.05, 0) is 102 Å². The number of halogens is 4. The summed E-state index contributed by atoms with van der Waals surface area (Å²) in [6.07, 6.45) is 7.35. The molecule has 0 aliphatic heterocycles. The number of imidazole rings is 2. The Hall–Kier alpha value is -4.07. The van der Waals surface area contributed by atoms with E-state index in [1.807, 2.05) is 9.13 Å². The van der Waals surface area contributed by atoms with Gasteiger partial charge in [-0.1, -0.05) is 11.6 Å². The van der Waals surface area contributed by atoms with Crippen LogP contribution in [0.25, 0.3) is 43.9 Å². The lowest BCUT2D eigenvalue weighted by Crippen LogP contribution is -2.27. The maximum absolute atomic E-state index is 13.6. The third-order valence-corrected chi connectivity index (χ3v) is 9.79. The van der Waals surface area contributed by atoms with E-state index in [0.29, 0.717) is 66.1 Å². The predicted octanol–water partition coefficient (Wildman–Crippen LogP) is 7.29. The molecule has 2 aromatic carbocycles. The molecule has 60 heavy (non-hydrogen) atoms. The average Bonchev–Trinajstić information content (AvgIpc) is 4.03. The minimum atomic E-state index is -0.954. The molecule has 3 aliphatic rings. The number of pyridine rings is 2. The van der Waals surface area contributed by atoms with Crippen LogP contribution in [0.4, 0.5) is 14.6 Å². The van der Waals surface area contributed by atoms with Crippen LogP contribution in [-0.2, 0) is 45.3 Å². The monoisotopic (exact) mass is 869 g/mol. The zero-order valence-electron chi connectivity index (χ0n) is 34.1. The fourth-order valence-corrected chi connectivity index (χ4v) is 6.70. The highest BCUT2D eigenvalue weighted by atomic mass is 35.5. The Labute approximate surface area is 357 Å². The second kappa shape index (κ2) is 18.9. The standard InChI is InChI=1S/C18H19ClFN3O2.C18H21FN4O2.C5H7ClO2.B.H3N/c1-18(2,24)9-23-14(8-25-11-4-5-11)22-15-16(23)12-6-3-10(20)7-13(12)21-17(15)19;1-18(2,24)9-23-14(8-25-11-4-5-11)22-15-16(23)12-6-3-10(19)7-13(12)21-17(15)20;6-5(7)3-8-4-1-2-4;;/h3,6-7,11,24H,4-5,8-9H2,1-2H3;3,6-7,11,24H,4-5,8-9H2,1-2H3,(H2,20,21);4H,1-3H2;;1H3. The van der Waals surface area contributed by atoms with E-state index in [-0.39, 0.29) is 56.0 Å². The third kappa shape index (κ3) is 12.1. The fraction of sp³-hybridized carbons (Fsp3) is 0.488. The topological polar surface area (TPSA) is 208 Å². The summed E-state index contributed by atoms with van der Waals surface area (Å²) in [5.74, 6) is 0.875. The number of carbonyl (C=O) groups excluding carboxylic acids is 1. The Morgan fingerprint density at radius 1 is 0.750 bits per heavy atom. The summed E-state index contributed by atoms with van der Waals surface area (Å²) in [7, 11) is 0. The largest absolute Gasteiger partial charge is 0.389 e. The van der Waals surface area contributed by atoms with Gasteiger partial charge in [0.15, 0.2) is 11.0 Å². The summed E-state index contributed by atoms with van der Waals surface area (Å²) >= 11 is 11.3. The van der Waals surface area contributed by atoms with Gasteiger partial charge in [0, 0.05) is 31.3 Å². The van der Waals surface area contributed by atoms with Crippen LogP contribution in [0.3, 0.4) is 0 Å². The quantitative estimate of drug-likeness (QED) is 0.0513. The van der Waals surface area contributed by atoms with Gasteiger partial charge in [-0.3, -0.25) is 4.79 Å². The number of nitrogens with two attached hydrogens (primary N) is 1. The molecular formula is C41H50BCl2F2N8O6.